The molecule has 2 rings (SSSR count). The highest BCUT2D eigenvalue weighted by molar-refractivity contribution is 5.95. The number of hydrogen-bond donors (Lipinski definition) is 1. The number of carbonyl (C=O) groups excluding carboxylic acids is 1. The van der Waals surface area contributed by atoms with E-state index < -0.39 is 23.3 Å². The molecule has 0 spiro atoms. The Labute approximate surface area is 112 Å². The third kappa shape index (κ3) is 3.14. The molecule has 20 heavy (non-hydrogen) atoms. The summed E-state index contributed by atoms with van der Waals surface area (Å²) in [5, 5.41) is 5.70. The summed E-state index contributed by atoms with van der Waals surface area (Å²) in [6.45, 7) is 0.119. The highest BCUT2D eigenvalue weighted by atomic mass is 19.4. The number of aryl methyl sites for hydroxylation is 1. The summed E-state index contributed by atoms with van der Waals surface area (Å²) in [6, 6.07) is 3.32. The first-order valence-electron chi connectivity index (χ1n) is 5.66. The Morgan fingerprint density at radius 3 is 2.60 bits per heavy atom. The standard InChI is InChI=1S/C12H11F3N4O/c1-19-7-9(10(18-19)12(13,14)15)11(20)17-6-8-2-4-16-5-3-8/h2-5,7H,6H2,1H3,(H,17,20). The molecule has 1 N–H and O–H groups in total. The first-order chi connectivity index (χ1) is 9.38. The van der Waals surface area contributed by atoms with Crippen LogP contribution in [-0.2, 0) is 19.8 Å². The first-order valence-corrected chi connectivity index (χ1v) is 5.66. The number of nitrogens with zero attached hydrogens (tertiary/aromatic N) is 3. The van der Waals surface area contributed by atoms with Crippen molar-refractivity contribution in [2.24, 2.45) is 7.05 Å². The van der Waals surface area contributed by atoms with Crippen LogP contribution in [0.2, 0.25) is 0 Å². The topological polar surface area (TPSA) is 59.8 Å². The highest BCUT2D eigenvalue weighted by Gasteiger charge is 2.38. The molecule has 8 heteroatoms. The van der Waals surface area contributed by atoms with Crippen LogP contribution in [0.15, 0.2) is 30.7 Å². The average molecular weight is 284 g/mol. The Balaban J connectivity index is 2.14. The van der Waals surface area contributed by atoms with Gasteiger partial charge in [-0.15, -0.1) is 0 Å². The molecule has 2 heterocycles. The lowest BCUT2D eigenvalue weighted by atomic mass is 10.2. The predicted molar refractivity (Wildman–Crippen MR) is 63.6 cm³/mol. The maximum Gasteiger partial charge on any atom is 0.435 e. The van der Waals surface area contributed by atoms with E-state index in [9.17, 15) is 18.0 Å². The van der Waals surface area contributed by atoms with Crippen LogP contribution in [0.25, 0.3) is 0 Å². The molecule has 0 radical (unpaired) electrons. The summed E-state index contributed by atoms with van der Waals surface area (Å²) in [7, 11) is 1.33. The van der Waals surface area contributed by atoms with E-state index in [1.165, 1.54) is 19.4 Å². The lowest BCUT2D eigenvalue weighted by Crippen LogP contribution is -2.25. The van der Waals surface area contributed by atoms with Crippen molar-refractivity contribution in [2.45, 2.75) is 12.7 Å². The summed E-state index contributed by atoms with van der Waals surface area (Å²) < 4.78 is 39.1. The van der Waals surface area contributed by atoms with E-state index in [2.05, 4.69) is 15.4 Å². The van der Waals surface area contributed by atoms with Crippen LogP contribution in [0.3, 0.4) is 0 Å². The number of aromatic nitrogens is 3. The van der Waals surface area contributed by atoms with Gasteiger partial charge in [-0.3, -0.25) is 14.5 Å². The van der Waals surface area contributed by atoms with Crippen LogP contribution in [0.1, 0.15) is 21.6 Å². The van der Waals surface area contributed by atoms with Gasteiger partial charge in [0.1, 0.15) is 0 Å². The number of nitrogens with one attached hydrogen (secondary N) is 1. The summed E-state index contributed by atoms with van der Waals surface area (Å²) in [6.07, 6.45) is -0.547. The molecule has 0 atom stereocenters. The monoisotopic (exact) mass is 284 g/mol. The second-order valence-corrected chi connectivity index (χ2v) is 4.10. The van der Waals surface area contributed by atoms with Crippen molar-refractivity contribution in [1.29, 1.82) is 0 Å². The number of amides is 1. The van der Waals surface area contributed by atoms with E-state index in [-0.39, 0.29) is 6.54 Å². The SMILES string of the molecule is Cn1cc(C(=O)NCc2ccncc2)c(C(F)(F)F)n1. The molecule has 2 aromatic heterocycles. The minimum absolute atomic E-state index is 0.119. The average Bonchev–Trinajstić information content (AvgIpc) is 2.79. The Kier molecular flexibility index (Phi) is 3.73. The molecule has 0 saturated carbocycles. The maximum atomic E-state index is 12.7. The molecule has 5 nitrogen and oxygen atoms in total. The fourth-order valence-corrected chi connectivity index (χ4v) is 1.64. The minimum atomic E-state index is -4.66. The second-order valence-electron chi connectivity index (χ2n) is 4.10. The van der Waals surface area contributed by atoms with Crippen LogP contribution in [0.4, 0.5) is 13.2 Å². The van der Waals surface area contributed by atoms with Gasteiger partial charge in [0.05, 0.1) is 5.56 Å². The van der Waals surface area contributed by atoms with E-state index >= 15 is 0 Å². The minimum Gasteiger partial charge on any atom is -0.348 e. The van der Waals surface area contributed by atoms with E-state index in [4.69, 9.17) is 0 Å². The number of halogens is 3. The van der Waals surface area contributed by atoms with E-state index in [1.807, 2.05) is 0 Å². The van der Waals surface area contributed by atoms with Crippen molar-refractivity contribution >= 4 is 5.91 Å². The van der Waals surface area contributed by atoms with E-state index in [0.29, 0.717) is 0 Å². The Bertz CT molecular complexity index is 607. The van der Waals surface area contributed by atoms with Gasteiger partial charge in [0.25, 0.3) is 5.91 Å². The van der Waals surface area contributed by atoms with Crippen molar-refractivity contribution in [3.8, 4) is 0 Å². The zero-order valence-electron chi connectivity index (χ0n) is 10.5. The molecule has 0 aromatic carbocycles. The first kappa shape index (κ1) is 14.0. The van der Waals surface area contributed by atoms with Crippen molar-refractivity contribution in [3.05, 3.63) is 47.5 Å². The van der Waals surface area contributed by atoms with Gasteiger partial charge in [-0.2, -0.15) is 18.3 Å². The molecule has 2 aromatic rings. The summed E-state index contributed by atoms with van der Waals surface area (Å²) in [5.41, 5.74) is -0.938. The molecule has 0 aliphatic rings. The number of alkyl halides is 3. The molecule has 0 bridgehead atoms. The van der Waals surface area contributed by atoms with Gasteiger partial charge in [0.15, 0.2) is 5.69 Å². The highest BCUT2D eigenvalue weighted by Crippen LogP contribution is 2.30. The molecule has 0 aliphatic carbocycles. The Morgan fingerprint density at radius 2 is 2.00 bits per heavy atom. The lowest BCUT2D eigenvalue weighted by Gasteiger charge is -2.07. The zero-order valence-corrected chi connectivity index (χ0v) is 10.5. The number of hydrogen-bond acceptors (Lipinski definition) is 3. The molecule has 0 saturated heterocycles. The van der Waals surface area contributed by atoms with Gasteiger partial charge in [-0.25, -0.2) is 0 Å². The predicted octanol–water partition coefficient (Wildman–Crippen LogP) is 1.76. The van der Waals surface area contributed by atoms with Crippen molar-refractivity contribution in [1.82, 2.24) is 20.1 Å². The van der Waals surface area contributed by atoms with Crippen molar-refractivity contribution in [3.63, 3.8) is 0 Å². The van der Waals surface area contributed by atoms with E-state index in [1.54, 1.807) is 12.1 Å². The largest absolute Gasteiger partial charge is 0.435 e. The van der Waals surface area contributed by atoms with Crippen molar-refractivity contribution < 1.29 is 18.0 Å². The second kappa shape index (κ2) is 5.32. The van der Waals surface area contributed by atoms with E-state index in [0.717, 1.165) is 16.4 Å². The van der Waals surface area contributed by atoms with Gasteiger partial charge in [-0.05, 0) is 17.7 Å². The number of carbonyl (C=O) groups is 1. The normalized spacial score (nSPS) is 11.4. The van der Waals surface area contributed by atoms with Gasteiger partial charge < -0.3 is 5.32 Å². The van der Waals surface area contributed by atoms with Gasteiger partial charge in [0.2, 0.25) is 0 Å². The third-order valence-electron chi connectivity index (χ3n) is 2.54. The smallest absolute Gasteiger partial charge is 0.348 e. The van der Waals surface area contributed by atoms with Gasteiger partial charge in [0, 0.05) is 32.2 Å². The number of pyridine rings is 1. The van der Waals surface area contributed by atoms with Crippen LogP contribution in [-0.4, -0.2) is 20.7 Å². The fourth-order valence-electron chi connectivity index (χ4n) is 1.64. The van der Waals surface area contributed by atoms with Crippen LogP contribution >= 0.6 is 0 Å². The summed E-state index contributed by atoms with van der Waals surface area (Å²) in [4.78, 5) is 15.6. The molecular weight excluding hydrogens is 273 g/mol. The maximum absolute atomic E-state index is 12.7. The van der Waals surface area contributed by atoms with Crippen LogP contribution < -0.4 is 5.32 Å². The van der Waals surface area contributed by atoms with Gasteiger partial charge >= 0.3 is 6.18 Å². The fraction of sp³-hybridized carbons (Fsp3) is 0.250. The summed E-state index contributed by atoms with van der Waals surface area (Å²) in [5.74, 6) is -0.817. The Hall–Kier alpha value is -2.38. The van der Waals surface area contributed by atoms with Crippen LogP contribution in [0, 0.1) is 0 Å². The summed E-state index contributed by atoms with van der Waals surface area (Å²) >= 11 is 0. The molecule has 0 fully saturated rings. The molecule has 0 unspecified atom stereocenters. The molecular formula is C12H11F3N4O. The molecule has 1 amide bonds. The molecule has 106 valence electrons. The van der Waals surface area contributed by atoms with Crippen molar-refractivity contribution in [2.75, 3.05) is 0 Å². The number of rotatable bonds is 3. The zero-order chi connectivity index (χ0) is 14.8. The lowest BCUT2D eigenvalue weighted by molar-refractivity contribution is -0.141. The molecule has 0 aliphatic heterocycles. The van der Waals surface area contributed by atoms with Crippen LogP contribution in [0.5, 0.6) is 0 Å². The quantitative estimate of drug-likeness (QED) is 0.934. The third-order valence-corrected chi connectivity index (χ3v) is 2.54. The Morgan fingerprint density at radius 1 is 1.35 bits per heavy atom. The van der Waals surface area contributed by atoms with Gasteiger partial charge in [-0.1, -0.05) is 0 Å².